The Balaban J connectivity index is 1.74. The van der Waals surface area contributed by atoms with Gasteiger partial charge in [0.25, 0.3) is 0 Å². The Labute approximate surface area is 150 Å². The van der Waals surface area contributed by atoms with Gasteiger partial charge in [0.15, 0.2) is 0 Å². The average Bonchev–Trinajstić information content (AvgIpc) is 3.29. The second-order valence-electron chi connectivity index (χ2n) is 6.11. The molecule has 0 bridgehead atoms. The van der Waals surface area contributed by atoms with Crippen LogP contribution >= 0.6 is 11.3 Å². The van der Waals surface area contributed by atoms with E-state index in [1.54, 1.807) is 30.6 Å². The van der Waals surface area contributed by atoms with Gasteiger partial charge in [-0.25, -0.2) is 4.39 Å². The van der Waals surface area contributed by atoms with E-state index >= 15 is 0 Å². The van der Waals surface area contributed by atoms with Crippen LogP contribution in [0.25, 0.3) is 20.9 Å². The van der Waals surface area contributed by atoms with E-state index in [9.17, 15) is 4.39 Å². The minimum atomic E-state index is -0.477. The van der Waals surface area contributed by atoms with Crippen LogP contribution in [-0.4, -0.2) is 7.11 Å². The number of nitrogens with zero attached hydrogens (tertiary/aromatic N) is 1. The minimum Gasteiger partial charge on any atom is -0.377 e. The van der Waals surface area contributed by atoms with Crippen molar-refractivity contribution in [3.05, 3.63) is 71.0 Å². The molecule has 124 valence electrons. The van der Waals surface area contributed by atoms with Gasteiger partial charge in [-0.15, -0.1) is 11.3 Å². The Bertz CT molecular complexity index is 986. The molecule has 4 rings (SSSR count). The predicted molar refractivity (Wildman–Crippen MR) is 97.9 cm³/mol. The molecule has 0 N–H and O–H groups in total. The molecule has 0 aliphatic heterocycles. The molecule has 4 heteroatoms. The lowest BCUT2D eigenvalue weighted by atomic mass is 10.0. The first-order chi connectivity index (χ1) is 12.2. The Morgan fingerprint density at radius 2 is 2.00 bits per heavy atom. The van der Waals surface area contributed by atoms with E-state index in [1.807, 2.05) is 12.1 Å². The lowest BCUT2D eigenvalue weighted by molar-refractivity contribution is 0.105. The van der Waals surface area contributed by atoms with Crippen LogP contribution in [0.4, 0.5) is 4.39 Å². The van der Waals surface area contributed by atoms with Crippen molar-refractivity contribution in [1.29, 1.82) is 5.26 Å². The summed E-state index contributed by atoms with van der Waals surface area (Å²) in [6.07, 6.45) is 2.22. The fraction of sp³-hybridized carbons (Fsp3) is 0.190. The van der Waals surface area contributed by atoms with Crippen molar-refractivity contribution >= 4 is 11.3 Å². The van der Waals surface area contributed by atoms with Crippen LogP contribution in [0.3, 0.4) is 0 Å². The number of halogens is 1. The molecule has 1 aromatic heterocycles. The van der Waals surface area contributed by atoms with E-state index < -0.39 is 5.82 Å². The van der Waals surface area contributed by atoms with Gasteiger partial charge < -0.3 is 4.74 Å². The van der Waals surface area contributed by atoms with Gasteiger partial charge in [-0.1, -0.05) is 24.3 Å². The van der Waals surface area contributed by atoms with Crippen LogP contribution < -0.4 is 0 Å². The summed E-state index contributed by atoms with van der Waals surface area (Å²) in [4.78, 5) is 2.22. The third-order valence-electron chi connectivity index (χ3n) is 4.74. The third kappa shape index (κ3) is 2.76. The van der Waals surface area contributed by atoms with Crippen LogP contribution in [0.1, 0.15) is 29.2 Å². The first-order valence-corrected chi connectivity index (χ1v) is 8.97. The lowest BCUT2D eigenvalue weighted by Crippen LogP contribution is -1.95. The Morgan fingerprint density at radius 1 is 1.16 bits per heavy atom. The first kappa shape index (κ1) is 16.0. The standard InChI is InChI=1S/C21H16FNOS/c1-24-19-8-6-15-16(19)3-2-4-17(15)21-10-9-20(25-21)13-5-7-18(22)14(11-13)12-23/h2-5,7,9-11,19H,6,8H2,1H3/t19-/m1/s1. The summed E-state index contributed by atoms with van der Waals surface area (Å²) in [5.41, 5.74) is 4.84. The molecule has 2 nitrogen and oxygen atoms in total. The second kappa shape index (κ2) is 6.44. The molecule has 0 fully saturated rings. The zero-order valence-corrected chi connectivity index (χ0v) is 14.6. The normalized spacial score (nSPS) is 15.8. The molecule has 0 saturated carbocycles. The quantitative estimate of drug-likeness (QED) is 0.605. The van der Waals surface area contributed by atoms with Crippen molar-refractivity contribution in [2.24, 2.45) is 0 Å². The van der Waals surface area contributed by atoms with Gasteiger partial charge in [0.1, 0.15) is 11.9 Å². The average molecular weight is 349 g/mol. The molecule has 0 unspecified atom stereocenters. The molecule has 25 heavy (non-hydrogen) atoms. The van der Waals surface area contributed by atoms with Crippen molar-refractivity contribution < 1.29 is 9.13 Å². The number of thiophene rings is 1. The number of ether oxygens (including phenoxy) is 1. The molecule has 0 amide bonds. The molecule has 0 saturated heterocycles. The summed E-state index contributed by atoms with van der Waals surface area (Å²) in [5.74, 6) is -0.477. The Hall–Kier alpha value is -2.48. The van der Waals surface area contributed by atoms with Gasteiger partial charge in [0, 0.05) is 16.9 Å². The van der Waals surface area contributed by atoms with Crippen LogP contribution in [0.5, 0.6) is 0 Å². The van der Waals surface area contributed by atoms with Gasteiger partial charge in [0.05, 0.1) is 11.7 Å². The Morgan fingerprint density at radius 3 is 2.80 bits per heavy atom. The molecule has 0 radical (unpaired) electrons. The maximum absolute atomic E-state index is 13.5. The summed E-state index contributed by atoms with van der Waals surface area (Å²) < 4.78 is 19.1. The van der Waals surface area contributed by atoms with Gasteiger partial charge >= 0.3 is 0 Å². The van der Waals surface area contributed by atoms with Crippen LogP contribution in [0, 0.1) is 17.1 Å². The number of hydrogen-bond donors (Lipinski definition) is 0. The monoisotopic (exact) mass is 349 g/mol. The van der Waals surface area contributed by atoms with Gasteiger partial charge in [-0.3, -0.25) is 0 Å². The minimum absolute atomic E-state index is 0.0796. The van der Waals surface area contributed by atoms with E-state index in [-0.39, 0.29) is 11.7 Å². The number of methoxy groups -OCH3 is 1. The van der Waals surface area contributed by atoms with Crippen molar-refractivity contribution in [3.8, 4) is 27.0 Å². The van der Waals surface area contributed by atoms with Crippen LogP contribution in [0.2, 0.25) is 0 Å². The van der Waals surface area contributed by atoms with E-state index in [4.69, 9.17) is 10.00 Å². The van der Waals surface area contributed by atoms with Gasteiger partial charge in [0.2, 0.25) is 0 Å². The van der Waals surface area contributed by atoms with Crippen molar-refractivity contribution in [2.75, 3.05) is 7.11 Å². The molecule has 1 aliphatic rings. The van der Waals surface area contributed by atoms with Crippen molar-refractivity contribution in [1.82, 2.24) is 0 Å². The molecule has 3 aromatic rings. The fourth-order valence-corrected chi connectivity index (χ4v) is 4.55. The highest BCUT2D eigenvalue weighted by Gasteiger charge is 2.25. The van der Waals surface area contributed by atoms with Crippen LogP contribution in [0.15, 0.2) is 48.5 Å². The van der Waals surface area contributed by atoms with E-state index in [2.05, 4.69) is 24.3 Å². The third-order valence-corrected chi connectivity index (χ3v) is 5.91. The predicted octanol–water partition coefficient (Wildman–Crippen LogP) is 5.73. The molecular weight excluding hydrogens is 333 g/mol. The van der Waals surface area contributed by atoms with Crippen molar-refractivity contribution in [2.45, 2.75) is 18.9 Å². The maximum atomic E-state index is 13.5. The summed E-state index contributed by atoms with van der Waals surface area (Å²) in [6.45, 7) is 0. The summed E-state index contributed by atoms with van der Waals surface area (Å²) in [5, 5.41) is 9.03. The summed E-state index contributed by atoms with van der Waals surface area (Å²) >= 11 is 1.67. The number of benzene rings is 2. The molecule has 2 aromatic carbocycles. The topological polar surface area (TPSA) is 33.0 Å². The highest BCUT2D eigenvalue weighted by molar-refractivity contribution is 7.18. The number of hydrogen-bond acceptors (Lipinski definition) is 3. The van der Waals surface area contributed by atoms with E-state index in [0.29, 0.717) is 0 Å². The first-order valence-electron chi connectivity index (χ1n) is 8.16. The number of fused-ring (bicyclic) bond motifs is 1. The van der Waals surface area contributed by atoms with E-state index in [1.165, 1.54) is 27.6 Å². The fourth-order valence-electron chi connectivity index (χ4n) is 3.49. The molecule has 1 aliphatic carbocycles. The van der Waals surface area contributed by atoms with Gasteiger partial charge in [-0.2, -0.15) is 5.26 Å². The van der Waals surface area contributed by atoms with Crippen molar-refractivity contribution in [3.63, 3.8) is 0 Å². The smallest absolute Gasteiger partial charge is 0.140 e. The second-order valence-corrected chi connectivity index (χ2v) is 7.19. The lowest BCUT2D eigenvalue weighted by Gasteiger charge is -2.10. The molecular formula is C21H16FNOS. The largest absolute Gasteiger partial charge is 0.377 e. The van der Waals surface area contributed by atoms with Crippen LogP contribution in [-0.2, 0) is 11.2 Å². The molecule has 0 spiro atoms. The van der Waals surface area contributed by atoms with E-state index in [0.717, 1.165) is 23.3 Å². The highest BCUT2D eigenvalue weighted by atomic mass is 32.1. The Kier molecular flexibility index (Phi) is 4.12. The highest BCUT2D eigenvalue weighted by Crippen LogP contribution is 2.42. The summed E-state index contributed by atoms with van der Waals surface area (Å²) in [7, 11) is 1.76. The van der Waals surface area contributed by atoms with Gasteiger partial charge in [-0.05, 0) is 59.4 Å². The number of rotatable bonds is 3. The molecule has 1 heterocycles. The summed E-state index contributed by atoms with van der Waals surface area (Å²) in [6, 6.07) is 17.1. The zero-order valence-electron chi connectivity index (χ0n) is 13.8. The maximum Gasteiger partial charge on any atom is 0.140 e. The number of nitriles is 1. The molecule has 1 atom stereocenters. The zero-order chi connectivity index (χ0) is 17.4. The SMILES string of the molecule is CO[C@@H]1CCc2c(-c3ccc(-c4ccc(F)c(C#N)c4)s3)cccc21.